The molecule has 2 saturated heterocycles. The second-order valence-corrected chi connectivity index (χ2v) is 10.6. The van der Waals surface area contributed by atoms with Crippen molar-refractivity contribution in [3.8, 4) is 11.3 Å². The molecule has 2 fully saturated rings. The van der Waals surface area contributed by atoms with Crippen LogP contribution in [0.1, 0.15) is 73.4 Å². The first-order valence-electron chi connectivity index (χ1n) is 13.9. The van der Waals surface area contributed by atoms with Crippen molar-refractivity contribution in [2.24, 2.45) is 0 Å². The van der Waals surface area contributed by atoms with Crippen LogP contribution in [0.2, 0.25) is 0 Å². The normalized spacial score (nSPS) is 21.0. The van der Waals surface area contributed by atoms with E-state index in [0.717, 1.165) is 73.9 Å². The lowest BCUT2D eigenvalue weighted by molar-refractivity contribution is -0.0396. The third-order valence-corrected chi connectivity index (χ3v) is 8.01. The number of nitrogens with zero attached hydrogens (tertiary/aromatic N) is 4. The third-order valence-electron chi connectivity index (χ3n) is 8.01. The molecule has 10 nitrogen and oxygen atoms in total. The summed E-state index contributed by atoms with van der Waals surface area (Å²) in [5, 5.41) is 4.84. The van der Waals surface area contributed by atoms with E-state index in [1.54, 1.807) is 4.90 Å². The molecule has 5 heterocycles. The lowest BCUT2D eigenvalue weighted by Crippen LogP contribution is -2.32. The number of furan rings is 1. The van der Waals surface area contributed by atoms with Gasteiger partial charge >= 0.3 is 6.09 Å². The van der Waals surface area contributed by atoms with E-state index in [-0.39, 0.29) is 30.0 Å². The van der Waals surface area contributed by atoms with Gasteiger partial charge in [-0.3, -0.25) is 9.69 Å². The zero-order valence-corrected chi connectivity index (χ0v) is 21.7. The van der Waals surface area contributed by atoms with E-state index in [1.807, 2.05) is 41.2 Å². The Morgan fingerprint density at radius 1 is 1.10 bits per heavy atom. The molecule has 0 bridgehead atoms. The maximum absolute atomic E-state index is 13.2. The van der Waals surface area contributed by atoms with Crippen molar-refractivity contribution in [1.29, 1.82) is 0 Å². The summed E-state index contributed by atoms with van der Waals surface area (Å²) in [6.45, 7) is 1.49. The summed E-state index contributed by atoms with van der Waals surface area (Å²) in [5.74, 6) is 1.14. The van der Waals surface area contributed by atoms with Crippen molar-refractivity contribution in [3.05, 3.63) is 69.5 Å². The van der Waals surface area contributed by atoms with Gasteiger partial charge in [-0.05, 0) is 56.9 Å². The number of fused-ring (bicyclic) bond motifs is 5. The van der Waals surface area contributed by atoms with Crippen molar-refractivity contribution < 1.29 is 18.7 Å². The molecule has 3 aliphatic rings. The van der Waals surface area contributed by atoms with Crippen LogP contribution < -0.4 is 5.56 Å². The van der Waals surface area contributed by atoms with E-state index in [1.165, 1.54) is 0 Å². The number of amides is 1. The highest BCUT2D eigenvalue weighted by molar-refractivity contribution is 5.85. The van der Waals surface area contributed by atoms with Crippen LogP contribution in [-0.4, -0.2) is 43.9 Å². The summed E-state index contributed by atoms with van der Waals surface area (Å²) in [4.78, 5) is 35.7. The number of likely N-dealkylation sites (tertiary alicyclic amines) is 1. The molecule has 1 amide bonds. The van der Waals surface area contributed by atoms with Crippen molar-refractivity contribution in [2.45, 2.75) is 70.2 Å². The van der Waals surface area contributed by atoms with Crippen LogP contribution in [0.15, 0.2) is 45.7 Å². The number of aromatic nitrogens is 4. The average Bonchev–Trinajstić information content (AvgIpc) is 3.69. The minimum Gasteiger partial charge on any atom is -0.448 e. The number of hydrogen-bond acceptors (Lipinski definition) is 7. The first kappa shape index (κ1) is 24.1. The smallest absolute Gasteiger partial charge is 0.410 e. The molecule has 1 aliphatic carbocycles. The number of hydrogen-bond donors (Lipinski definition) is 1. The number of nitrogens with one attached hydrogen (secondary N) is 1. The topological polar surface area (TPSA) is 115 Å². The predicted molar refractivity (Wildman–Crippen MR) is 142 cm³/mol. The second kappa shape index (κ2) is 10.00. The minimum atomic E-state index is -0.405. The molecule has 1 N–H and O–H groups in total. The van der Waals surface area contributed by atoms with E-state index >= 15 is 0 Å². The Hall–Kier alpha value is -3.92. The van der Waals surface area contributed by atoms with Crippen LogP contribution in [0, 0.1) is 0 Å². The summed E-state index contributed by atoms with van der Waals surface area (Å²) >= 11 is 0. The number of ether oxygens (including phenoxy) is 2. The molecular formula is C29H31N5O5. The van der Waals surface area contributed by atoms with E-state index in [2.05, 4.69) is 4.98 Å². The predicted octanol–water partition coefficient (Wildman–Crippen LogP) is 5.04. The molecule has 10 heteroatoms. The Morgan fingerprint density at radius 3 is 2.85 bits per heavy atom. The summed E-state index contributed by atoms with van der Waals surface area (Å²) in [6.07, 6.45) is 8.59. The number of carbonyl (C=O) groups is 1. The number of aryl methyl sites for hydroxylation is 2. The number of benzene rings is 1. The maximum Gasteiger partial charge on any atom is 0.410 e. The van der Waals surface area contributed by atoms with Gasteiger partial charge in [-0.25, -0.2) is 14.5 Å². The van der Waals surface area contributed by atoms with Gasteiger partial charge in [0.25, 0.3) is 5.56 Å². The highest BCUT2D eigenvalue weighted by Gasteiger charge is 2.35. The van der Waals surface area contributed by atoms with Gasteiger partial charge in [-0.1, -0.05) is 30.3 Å². The molecule has 2 atom stereocenters. The maximum atomic E-state index is 13.2. The van der Waals surface area contributed by atoms with Crippen LogP contribution in [0.4, 0.5) is 4.79 Å². The Morgan fingerprint density at radius 2 is 2.00 bits per heavy atom. The molecule has 39 heavy (non-hydrogen) atoms. The number of H-pyrrole nitrogens is 1. The van der Waals surface area contributed by atoms with Gasteiger partial charge < -0.3 is 18.9 Å². The van der Waals surface area contributed by atoms with Crippen molar-refractivity contribution in [2.75, 3.05) is 13.2 Å². The van der Waals surface area contributed by atoms with Crippen molar-refractivity contribution >= 4 is 17.2 Å². The van der Waals surface area contributed by atoms with Gasteiger partial charge in [0, 0.05) is 24.9 Å². The zero-order chi connectivity index (χ0) is 26.3. The van der Waals surface area contributed by atoms with Gasteiger partial charge in [0.2, 0.25) is 5.58 Å². The standard InChI is InChI=1S/C29H31N5O5/c35-28-26-24(19-10-6-11-21-20(25(19)39-26)16-34(32-21)23-13-4-5-15-37-23)30-27(31-28)22-12-7-14-33(22)29(36)38-17-18-8-2-1-3-9-18/h1-3,8-9,16,22-23H,4-7,10-15,17H2,(H,30,31,35)/t22-,23?/m0/s1. The summed E-state index contributed by atoms with van der Waals surface area (Å²) in [7, 11) is 0. The SMILES string of the molecule is O=C(OCc1ccccc1)N1CCC[C@H]1c1nc2c3c(oc2c(=O)[nH]1)-c1cn(C2CCCCO2)nc1CCC3. The van der Waals surface area contributed by atoms with Gasteiger partial charge in [0.1, 0.15) is 29.9 Å². The van der Waals surface area contributed by atoms with Crippen LogP contribution in [-0.2, 0) is 28.9 Å². The van der Waals surface area contributed by atoms with E-state index in [0.29, 0.717) is 30.1 Å². The first-order valence-corrected chi connectivity index (χ1v) is 13.9. The highest BCUT2D eigenvalue weighted by Crippen LogP contribution is 2.39. The molecule has 3 aromatic heterocycles. The molecule has 1 unspecified atom stereocenters. The van der Waals surface area contributed by atoms with E-state index in [4.69, 9.17) is 24.0 Å². The molecular weight excluding hydrogens is 498 g/mol. The van der Waals surface area contributed by atoms with Crippen LogP contribution in [0.5, 0.6) is 0 Å². The second-order valence-electron chi connectivity index (χ2n) is 10.6. The number of rotatable bonds is 4. The Balaban J connectivity index is 1.20. The molecule has 7 rings (SSSR count). The molecule has 1 aromatic carbocycles. The fourth-order valence-corrected chi connectivity index (χ4v) is 6.04. The van der Waals surface area contributed by atoms with Gasteiger partial charge in [-0.2, -0.15) is 5.10 Å². The van der Waals surface area contributed by atoms with E-state index < -0.39 is 6.09 Å². The third kappa shape index (κ3) is 4.42. The largest absolute Gasteiger partial charge is 0.448 e. The Labute approximate surface area is 224 Å². The monoisotopic (exact) mass is 529 g/mol. The summed E-state index contributed by atoms with van der Waals surface area (Å²) in [6, 6.07) is 9.24. The molecule has 0 saturated carbocycles. The molecule has 2 aliphatic heterocycles. The molecule has 4 aromatic rings. The number of aromatic amines is 1. The van der Waals surface area contributed by atoms with Crippen LogP contribution in [0.25, 0.3) is 22.4 Å². The molecule has 0 radical (unpaired) electrons. The van der Waals surface area contributed by atoms with Gasteiger partial charge in [0.05, 0.1) is 17.3 Å². The van der Waals surface area contributed by atoms with Crippen LogP contribution in [0.3, 0.4) is 0 Å². The van der Waals surface area contributed by atoms with Crippen molar-refractivity contribution in [1.82, 2.24) is 24.6 Å². The van der Waals surface area contributed by atoms with Gasteiger partial charge in [0.15, 0.2) is 0 Å². The fraction of sp³-hybridized carbons (Fsp3) is 0.448. The summed E-state index contributed by atoms with van der Waals surface area (Å²) in [5.41, 5.74) is 4.17. The lowest BCUT2D eigenvalue weighted by Gasteiger charge is -2.23. The molecule has 202 valence electrons. The Bertz CT molecular complexity index is 1570. The van der Waals surface area contributed by atoms with Gasteiger partial charge in [-0.15, -0.1) is 0 Å². The zero-order valence-electron chi connectivity index (χ0n) is 21.7. The fourth-order valence-electron chi connectivity index (χ4n) is 6.04. The minimum absolute atomic E-state index is 0.0679. The summed E-state index contributed by atoms with van der Waals surface area (Å²) < 4.78 is 19.6. The first-order chi connectivity index (χ1) is 19.2. The van der Waals surface area contributed by atoms with Crippen molar-refractivity contribution in [3.63, 3.8) is 0 Å². The number of carbonyl (C=O) groups excluding carboxylic acids is 1. The highest BCUT2D eigenvalue weighted by atomic mass is 16.6. The van der Waals surface area contributed by atoms with E-state index in [9.17, 15) is 9.59 Å². The quantitative estimate of drug-likeness (QED) is 0.394. The Kier molecular flexibility index (Phi) is 6.19. The average molecular weight is 530 g/mol. The van der Waals surface area contributed by atoms with Crippen LogP contribution >= 0.6 is 0 Å². The molecule has 0 spiro atoms. The lowest BCUT2D eigenvalue weighted by atomic mass is 10.1.